The van der Waals surface area contributed by atoms with Gasteiger partial charge < -0.3 is 4.74 Å². The maximum atomic E-state index is 12.5. The highest BCUT2D eigenvalue weighted by Crippen LogP contribution is 2.21. The van der Waals surface area contributed by atoms with Gasteiger partial charge in [0.15, 0.2) is 0 Å². The topological polar surface area (TPSA) is 26.3 Å². The highest BCUT2D eigenvalue weighted by molar-refractivity contribution is 5.72. The Hall–Kier alpha value is -0.530. The summed E-state index contributed by atoms with van der Waals surface area (Å²) in [5.41, 5.74) is 0. The molecule has 0 atom stereocenters. The van der Waals surface area contributed by atoms with E-state index in [4.69, 9.17) is 4.74 Å². The van der Waals surface area contributed by atoms with E-state index in [2.05, 4.69) is 20.8 Å². The molecular formula is C25H50O2. The zero-order valence-electron chi connectivity index (χ0n) is 19.0. The van der Waals surface area contributed by atoms with Gasteiger partial charge in [0.1, 0.15) is 0 Å². The Bertz CT molecular complexity index is 285. The SMILES string of the molecule is CCCCCCCCC(CCCCCCCC)C(=O)OCCCCCCC. The molecular weight excluding hydrogens is 332 g/mol. The predicted octanol–water partition coefficient (Wildman–Crippen LogP) is 8.62. The van der Waals surface area contributed by atoms with E-state index in [1.165, 1.54) is 103 Å². The Balaban J connectivity index is 4.02. The Morgan fingerprint density at radius 2 is 0.926 bits per heavy atom. The summed E-state index contributed by atoms with van der Waals surface area (Å²) in [6.45, 7) is 7.38. The highest BCUT2D eigenvalue weighted by Gasteiger charge is 2.19. The van der Waals surface area contributed by atoms with E-state index in [1.807, 2.05) is 0 Å². The van der Waals surface area contributed by atoms with E-state index in [-0.39, 0.29) is 11.9 Å². The van der Waals surface area contributed by atoms with E-state index in [0.29, 0.717) is 6.61 Å². The summed E-state index contributed by atoms with van der Waals surface area (Å²) in [7, 11) is 0. The summed E-state index contributed by atoms with van der Waals surface area (Å²) >= 11 is 0. The molecule has 2 nitrogen and oxygen atoms in total. The van der Waals surface area contributed by atoms with Gasteiger partial charge in [-0.2, -0.15) is 0 Å². The third kappa shape index (κ3) is 18.6. The van der Waals surface area contributed by atoms with Crippen LogP contribution < -0.4 is 0 Å². The third-order valence-electron chi connectivity index (χ3n) is 5.64. The summed E-state index contributed by atoms with van der Waals surface area (Å²) < 4.78 is 5.64. The van der Waals surface area contributed by atoms with E-state index in [0.717, 1.165) is 19.3 Å². The van der Waals surface area contributed by atoms with Gasteiger partial charge in [0.05, 0.1) is 12.5 Å². The van der Waals surface area contributed by atoms with Crippen molar-refractivity contribution in [2.45, 2.75) is 143 Å². The zero-order valence-corrected chi connectivity index (χ0v) is 19.0. The van der Waals surface area contributed by atoms with E-state index < -0.39 is 0 Å². The molecule has 0 amide bonds. The van der Waals surface area contributed by atoms with Crippen LogP contribution in [0, 0.1) is 5.92 Å². The van der Waals surface area contributed by atoms with Crippen molar-refractivity contribution < 1.29 is 9.53 Å². The molecule has 0 spiro atoms. The second-order valence-electron chi connectivity index (χ2n) is 8.39. The normalized spacial score (nSPS) is 11.3. The van der Waals surface area contributed by atoms with Gasteiger partial charge in [0.2, 0.25) is 0 Å². The molecule has 0 aliphatic heterocycles. The minimum absolute atomic E-state index is 0.0904. The number of unbranched alkanes of at least 4 members (excludes halogenated alkanes) is 14. The smallest absolute Gasteiger partial charge is 0.308 e. The van der Waals surface area contributed by atoms with Crippen LogP contribution in [-0.2, 0) is 9.53 Å². The number of carbonyl (C=O) groups is 1. The molecule has 27 heavy (non-hydrogen) atoms. The van der Waals surface area contributed by atoms with Crippen LogP contribution in [0.4, 0.5) is 0 Å². The molecule has 0 heterocycles. The van der Waals surface area contributed by atoms with E-state index in [9.17, 15) is 4.79 Å². The van der Waals surface area contributed by atoms with Crippen molar-refractivity contribution in [3.05, 3.63) is 0 Å². The van der Waals surface area contributed by atoms with Crippen LogP contribution in [0.3, 0.4) is 0 Å². The Morgan fingerprint density at radius 3 is 1.37 bits per heavy atom. The molecule has 0 N–H and O–H groups in total. The molecule has 0 aromatic heterocycles. The zero-order chi connectivity index (χ0) is 20.0. The van der Waals surface area contributed by atoms with Gasteiger partial charge in [0, 0.05) is 0 Å². The van der Waals surface area contributed by atoms with Crippen molar-refractivity contribution >= 4 is 5.97 Å². The van der Waals surface area contributed by atoms with E-state index >= 15 is 0 Å². The van der Waals surface area contributed by atoms with Gasteiger partial charge in [-0.3, -0.25) is 4.79 Å². The third-order valence-corrected chi connectivity index (χ3v) is 5.64. The van der Waals surface area contributed by atoms with Crippen molar-refractivity contribution in [1.82, 2.24) is 0 Å². The van der Waals surface area contributed by atoms with Gasteiger partial charge in [-0.05, 0) is 19.3 Å². The minimum atomic E-state index is 0.0904. The van der Waals surface area contributed by atoms with Crippen LogP contribution >= 0.6 is 0 Å². The molecule has 0 bridgehead atoms. The quantitative estimate of drug-likeness (QED) is 0.147. The molecule has 2 heteroatoms. The molecule has 0 radical (unpaired) electrons. The lowest BCUT2D eigenvalue weighted by Crippen LogP contribution is -2.18. The molecule has 162 valence electrons. The fourth-order valence-electron chi connectivity index (χ4n) is 3.72. The summed E-state index contributed by atoms with van der Waals surface area (Å²) in [5, 5.41) is 0. The lowest BCUT2D eigenvalue weighted by molar-refractivity contribution is -0.149. The van der Waals surface area contributed by atoms with Crippen molar-refractivity contribution in [3.63, 3.8) is 0 Å². The number of ether oxygens (including phenoxy) is 1. The van der Waals surface area contributed by atoms with Crippen LogP contribution in [0.5, 0.6) is 0 Å². The van der Waals surface area contributed by atoms with E-state index in [1.54, 1.807) is 0 Å². The number of hydrogen-bond acceptors (Lipinski definition) is 2. The molecule has 0 saturated carbocycles. The predicted molar refractivity (Wildman–Crippen MR) is 119 cm³/mol. The van der Waals surface area contributed by atoms with Crippen molar-refractivity contribution in [1.29, 1.82) is 0 Å². The van der Waals surface area contributed by atoms with Crippen LogP contribution in [0.15, 0.2) is 0 Å². The molecule has 0 aliphatic rings. The van der Waals surface area contributed by atoms with Crippen LogP contribution in [0.25, 0.3) is 0 Å². The fraction of sp³-hybridized carbons (Fsp3) is 0.960. The highest BCUT2D eigenvalue weighted by atomic mass is 16.5. The van der Waals surface area contributed by atoms with Crippen molar-refractivity contribution in [2.75, 3.05) is 6.61 Å². The van der Waals surface area contributed by atoms with Crippen LogP contribution in [0.2, 0.25) is 0 Å². The summed E-state index contributed by atoms with van der Waals surface area (Å²) in [6, 6.07) is 0. The molecule has 0 rings (SSSR count). The maximum Gasteiger partial charge on any atom is 0.308 e. The first-order valence-electron chi connectivity index (χ1n) is 12.4. The average molecular weight is 383 g/mol. The second-order valence-corrected chi connectivity index (χ2v) is 8.39. The average Bonchev–Trinajstić information content (AvgIpc) is 2.68. The molecule has 0 unspecified atom stereocenters. The standard InChI is InChI=1S/C25H50O2/c1-4-7-10-13-15-18-21-24(22-19-16-14-11-8-5-2)25(26)27-23-20-17-12-9-6-3/h24H,4-23H2,1-3H3. The number of esters is 1. The summed E-state index contributed by atoms with van der Waals surface area (Å²) in [5.74, 6) is 0.241. The molecule has 0 aromatic rings. The van der Waals surface area contributed by atoms with Crippen molar-refractivity contribution in [3.8, 4) is 0 Å². The van der Waals surface area contributed by atoms with Gasteiger partial charge in [-0.25, -0.2) is 0 Å². The first kappa shape index (κ1) is 26.5. The maximum absolute atomic E-state index is 12.5. The van der Waals surface area contributed by atoms with Gasteiger partial charge in [-0.15, -0.1) is 0 Å². The first-order valence-corrected chi connectivity index (χ1v) is 12.4. The number of hydrogen-bond donors (Lipinski definition) is 0. The Labute approximate surface area is 171 Å². The van der Waals surface area contributed by atoms with Gasteiger partial charge >= 0.3 is 5.97 Å². The first-order chi connectivity index (χ1) is 13.3. The number of rotatable bonds is 21. The molecule has 0 fully saturated rings. The Morgan fingerprint density at radius 1 is 0.556 bits per heavy atom. The van der Waals surface area contributed by atoms with Crippen LogP contribution in [0.1, 0.15) is 143 Å². The lowest BCUT2D eigenvalue weighted by atomic mass is 9.94. The van der Waals surface area contributed by atoms with Gasteiger partial charge in [0.25, 0.3) is 0 Å². The van der Waals surface area contributed by atoms with Gasteiger partial charge in [-0.1, -0.05) is 124 Å². The Kier molecular flexibility index (Phi) is 21.3. The summed E-state index contributed by atoms with van der Waals surface area (Å²) in [4.78, 5) is 12.5. The summed E-state index contributed by atoms with van der Waals surface area (Å²) in [6.07, 6.45) is 23.7. The monoisotopic (exact) mass is 382 g/mol. The van der Waals surface area contributed by atoms with Crippen molar-refractivity contribution in [2.24, 2.45) is 5.92 Å². The minimum Gasteiger partial charge on any atom is -0.465 e. The lowest BCUT2D eigenvalue weighted by Gasteiger charge is -2.16. The fourth-order valence-corrected chi connectivity index (χ4v) is 3.72. The molecule has 0 saturated heterocycles. The van der Waals surface area contributed by atoms with Crippen LogP contribution in [-0.4, -0.2) is 12.6 Å². The second kappa shape index (κ2) is 21.8. The molecule has 0 aromatic carbocycles. The molecule has 0 aliphatic carbocycles. The number of carbonyl (C=O) groups excluding carboxylic acids is 1. The largest absolute Gasteiger partial charge is 0.465 e.